The number of allylic oxidation sites excluding steroid dienone is 1. The molecule has 1 aromatic carbocycles. The second-order valence-electron chi connectivity index (χ2n) is 16.6. The maximum atomic E-state index is 14.6. The maximum Gasteiger partial charge on any atom is 0.325 e. The lowest BCUT2D eigenvalue weighted by atomic mass is 9.71. The van der Waals surface area contributed by atoms with Crippen LogP contribution in [0.4, 0.5) is 0 Å². The van der Waals surface area contributed by atoms with E-state index in [2.05, 4.69) is 51.5 Å². The third-order valence-electron chi connectivity index (χ3n) is 11.6. The van der Waals surface area contributed by atoms with Gasteiger partial charge in [0.2, 0.25) is 5.91 Å². The minimum absolute atomic E-state index is 0.0138. The lowest BCUT2D eigenvalue weighted by Gasteiger charge is -2.43. The molecular weight excluding hydrogens is 633 g/mol. The molecule has 10 heteroatoms. The average Bonchev–Trinajstić information content (AvgIpc) is 3.03. The summed E-state index contributed by atoms with van der Waals surface area (Å²) in [5.41, 5.74) is 4.47. The molecule has 4 rings (SSSR count). The van der Waals surface area contributed by atoms with Crippen LogP contribution in [0.25, 0.3) is 17.0 Å². The van der Waals surface area contributed by atoms with Crippen molar-refractivity contribution in [2.45, 2.75) is 124 Å². The highest BCUT2D eigenvalue weighted by molar-refractivity contribution is 6.80. The number of pyridine rings is 1. The van der Waals surface area contributed by atoms with E-state index in [4.69, 9.17) is 9.72 Å². The molecule has 1 fully saturated rings. The van der Waals surface area contributed by atoms with Crippen molar-refractivity contribution in [1.82, 2.24) is 20.7 Å². The minimum atomic E-state index is -1.78. The van der Waals surface area contributed by atoms with Crippen LogP contribution in [0.2, 0.25) is 24.2 Å². The van der Waals surface area contributed by atoms with Crippen molar-refractivity contribution >= 4 is 48.6 Å². The Bertz CT molecular complexity index is 1600. The molecule has 1 aromatic heterocycles. The van der Waals surface area contributed by atoms with E-state index in [1.54, 1.807) is 13.8 Å². The molecule has 2 aliphatic rings. The molecule has 3 heterocycles. The van der Waals surface area contributed by atoms with E-state index >= 15 is 0 Å². The normalized spacial score (nSPS) is 28.0. The van der Waals surface area contributed by atoms with Gasteiger partial charge in [-0.05, 0) is 68.2 Å². The Kier molecular flexibility index (Phi) is 11.6. The van der Waals surface area contributed by atoms with Crippen LogP contribution in [-0.4, -0.2) is 60.3 Å². The van der Waals surface area contributed by atoms with Crippen LogP contribution in [0, 0.1) is 23.2 Å². The summed E-state index contributed by atoms with van der Waals surface area (Å²) in [6.45, 7) is 23.6. The van der Waals surface area contributed by atoms with Gasteiger partial charge in [0, 0.05) is 29.7 Å². The number of hydrogen-bond acceptors (Lipinski definition) is 7. The van der Waals surface area contributed by atoms with Crippen LogP contribution in [0.1, 0.15) is 98.9 Å². The van der Waals surface area contributed by atoms with Crippen molar-refractivity contribution in [2.75, 3.05) is 6.54 Å². The third kappa shape index (κ3) is 8.68. The Morgan fingerprint density at radius 3 is 2.39 bits per heavy atom. The number of benzene rings is 1. The zero-order valence-corrected chi connectivity index (χ0v) is 32.5. The van der Waals surface area contributed by atoms with Gasteiger partial charge < -0.3 is 10.1 Å². The lowest BCUT2D eigenvalue weighted by Crippen LogP contribution is -2.59. The third-order valence-corrected chi connectivity index (χ3v) is 17.2. The molecule has 0 saturated carbocycles. The first kappa shape index (κ1) is 38.4. The summed E-state index contributed by atoms with van der Waals surface area (Å²) >= 11 is 0. The number of ether oxygens (including phenoxy) is 1. The fourth-order valence-corrected chi connectivity index (χ4v) is 9.23. The van der Waals surface area contributed by atoms with Crippen molar-refractivity contribution in [3.63, 3.8) is 0 Å². The maximum absolute atomic E-state index is 14.6. The molecular formula is C39H58N4O5Si. The van der Waals surface area contributed by atoms with Gasteiger partial charge in [-0.15, -0.1) is 0 Å². The molecule has 9 nitrogen and oxygen atoms in total. The van der Waals surface area contributed by atoms with E-state index in [1.165, 1.54) is 5.01 Å². The molecule has 0 radical (unpaired) electrons. The standard InChI is InChI=1S/C39H58N4O5Si/c1-24(2)30-22-34(44)39(9,25(3)23-49(10,11)38(6,7)8)19-18-28-14-15-29-16-17-31(41-33(29)21-28)27(5)48-37(47)32-13-12-20-43(42-32)36(46)26(4)40-35(30)45/h14-19,21,24-27,30,32,42H,12-13,20,22-23H2,1-11H3,(H,40,45)/b19-18+/t25?,26-,27+,30-,32-,39?/m0/s1. The van der Waals surface area contributed by atoms with E-state index in [0.717, 1.165) is 22.5 Å². The number of rotatable bonds is 4. The Morgan fingerprint density at radius 2 is 1.73 bits per heavy atom. The van der Waals surface area contributed by atoms with Gasteiger partial charge in [-0.2, -0.15) is 0 Å². The monoisotopic (exact) mass is 690 g/mol. The number of amides is 2. The first-order valence-electron chi connectivity index (χ1n) is 17.9. The fourth-order valence-electron chi connectivity index (χ4n) is 6.66. The summed E-state index contributed by atoms with van der Waals surface area (Å²) in [6.07, 6.45) is 4.61. The van der Waals surface area contributed by atoms with Crippen LogP contribution in [-0.2, 0) is 23.9 Å². The van der Waals surface area contributed by atoms with Crippen molar-refractivity contribution < 1.29 is 23.9 Å². The van der Waals surface area contributed by atoms with Gasteiger partial charge in [0.05, 0.1) is 19.3 Å². The Labute approximate surface area is 294 Å². The molecule has 2 amide bonds. The number of aromatic nitrogens is 1. The molecule has 2 aromatic rings. The van der Waals surface area contributed by atoms with Gasteiger partial charge >= 0.3 is 5.97 Å². The van der Waals surface area contributed by atoms with Crippen molar-refractivity contribution in [3.05, 3.63) is 47.7 Å². The molecule has 2 unspecified atom stereocenters. The van der Waals surface area contributed by atoms with Gasteiger partial charge in [0.1, 0.15) is 24.0 Å². The summed E-state index contributed by atoms with van der Waals surface area (Å²) in [5.74, 6) is -1.85. The van der Waals surface area contributed by atoms with Crippen molar-refractivity contribution in [1.29, 1.82) is 0 Å². The van der Waals surface area contributed by atoms with Crippen LogP contribution in [0.5, 0.6) is 0 Å². The summed E-state index contributed by atoms with van der Waals surface area (Å²) in [7, 11) is -1.78. The van der Waals surface area contributed by atoms with E-state index in [1.807, 2.05) is 63.3 Å². The number of Topliss-reactive ketones (excluding diaryl/α,β-unsaturated/α-hetero) is 1. The highest BCUT2D eigenvalue weighted by Gasteiger charge is 2.44. The van der Waals surface area contributed by atoms with E-state index in [-0.39, 0.29) is 40.9 Å². The molecule has 268 valence electrons. The number of fused-ring (bicyclic) bond motifs is 4. The summed E-state index contributed by atoms with van der Waals surface area (Å²) < 4.78 is 5.85. The quantitative estimate of drug-likeness (QED) is 0.256. The molecule has 5 bridgehead atoms. The SMILES string of the molecule is CC(C)[C@@H]1CC(=O)C(C)(C(C)C[Si](C)(C)C(C)(C)C)/C=C/c2ccc3ccc(nc3c2)[C@@H](C)OC(=O)[C@@H]2CCCN(N2)C(=O)[C@H](C)NC1=O. The number of carbonyl (C=O) groups is 4. The summed E-state index contributed by atoms with van der Waals surface area (Å²) in [4.78, 5) is 60.0. The van der Waals surface area contributed by atoms with E-state index in [9.17, 15) is 19.2 Å². The van der Waals surface area contributed by atoms with Gasteiger partial charge in [0.25, 0.3) is 5.91 Å². The molecule has 0 spiro atoms. The number of nitrogens with one attached hydrogen (secondary N) is 2. The number of nitrogens with zero attached hydrogens (tertiary/aromatic N) is 2. The van der Waals surface area contributed by atoms with Gasteiger partial charge in [-0.1, -0.05) is 91.0 Å². The fraction of sp³-hybridized carbons (Fsp3) is 0.615. The number of hydrazine groups is 1. The Balaban J connectivity index is 1.80. The van der Waals surface area contributed by atoms with Gasteiger partial charge in [-0.25, -0.2) is 10.4 Å². The molecule has 2 N–H and O–H groups in total. The minimum Gasteiger partial charge on any atom is -0.455 e. The predicted octanol–water partition coefficient (Wildman–Crippen LogP) is 7.25. The largest absolute Gasteiger partial charge is 0.455 e. The second kappa shape index (κ2) is 14.9. The number of carbonyl (C=O) groups excluding carboxylic acids is 4. The number of cyclic esters (lactones) is 1. The molecule has 1 saturated heterocycles. The van der Waals surface area contributed by atoms with Crippen LogP contribution >= 0.6 is 0 Å². The number of esters is 1. The zero-order valence-electron chi connectivity index (χ0n) is 31.5. The first-order valence-corrected chi connectivity index (χ1v) is 21.2. The highest BCUT2D eigenvalue weighted by Crippen LogP contribution is 2.46. The summed E-state index contributed by atoms with van der Waals surface area (Å²) in [6, 6.07) is 9.23. The molecule has 6 atom stereocenters. The smallest absolute Gasteiger partial charge is 0.325 e. The molecule has 49 heavy (non-hydrogen) atoms. The van der Waals surface area contributed by atoms with Crippen molar-refractivity contribution in [3.8, 4) is 0 Å². The lowest BCUT2D eigenvalue weighted by molar-refractivity contribution is -0.157. The number of hydrogen-bond donors (Lipinski definition) is 2. The molecule has 2 aliphatic heterocycles. The highest BCUT2D eigenvalue weighted by atomic mass is 28.3. The Hall–Kier alpha value is -3.37. The molecule has 0 aliphatic carbocycles. The number of ketones is 1. The van der Waals surface area contributed by atoms with Crippen LogP contribution < -0.4 is 10.7 Å². The van der Waals surface area contributed by atoms with E-state index in [0.29, 0.717) is 25.1 Å². The van der Waals surface area contributed by atoms with Crippen LogP contribution in [0.15, 0.2) is 36.4 Å². The zero-order chi connectivity index (χ0) is 36.5. The second-order valence-corrected chi connectivity index (χ2v) is 22.3. The summed E-state index contributed by atoms with van der Waals surface area (Å²) in [5, 5.41) is 5.40. The van der Waals surface area contributed by atoms with Gasteiger partial charge in [0.15, 0.2) is 0 Å². The first-order chi connectivity index (χ1) is 22.7. The van der Waals surface area contributed by atoms with Gasteiger partial charge in [-0.3, -0.25) is 24.2 Å². The van der Waals surface area contributed by atoms with Crippen molar-refractivity contribution in [2.24, 2.45) is 23.2 Å². The average molecular weight is 691 g/mol. The van der Waals surface area contributed by atoms with E-state index < -0.39 is 43.6 Å². The topological polar surface area (TPSA) is 118 Å². The Morgan fingerprint density at radius 1 is 1.06 bits per heavy atom. The predicted molar refractivity (Wildman–Crippen MR) is 198 cm³/mol. The van der Waals surface area contributed by atoms with Crippen LogP contribution in [0.3, 0.4) is 0 Å².